The van der Waals surface area contributed by atoms with Crippen molar-refractivity contribution in [3.8, 4) is 16.9 Å². The average Bonchev–Trinajstić information content (AvgIpc) is 2.89. The minimum atomic E-state index is -0.505. The van der Waals surface area contributed by atoms with Crippen LogP contribution in [0.25, 0.3) is 11.1 Å². The molecule has 3 rings (SSSR count). The van der Waals surface area contributed by atoms with Gasteiger partial charge in [0.25, 0.3) is 0 Å². The van der Waals surface area contributed by atoms with Gasteiger partial charge in [-0.2, -0.15) is 0 Å². The minimum absolute atomic E-state index is 0.126. The van der Waals surface area contributed by atoms with Gasteiger partial charge in [0.05, 0.1) is 19.3 Å². The van der Waals surface area contributed by atoms with Crippen LogP contribution < -0.4 is 15.4 Å². The number of alkyl carbamates (subject to hydrolysis) is 1. The van der Waals surface area contributed by atoms with E-state index in [2.05, 4.69) is 23.6 Å². The van der Waals surface area contributed by atoms with E-state index in [0.717, 1.165) is 53.8 Å². The number of hydrogen-bond acceptors (Lipinski definition) is 7. The third-order valence-electron chi connectivity index (χ3n) is 7.14. The highest BCUT2D eigenvalue weighted by Crippen LogP contribution is 2.33. The van der Waals surface area contributed by atoms with E-state index in [1.807, 2.05) is 58.0 Å². The second kappa shape index (κ2) is 13.7. The monoisotopic (exact) mass is 540 g/mol. The largest absolute Gasteiger partial charge is 0.491 e. The Bertz CT molecular complexity index is 1100. The molecule has 8 nitrogen and oxygen atoms in total. The summed E-state index contributed by atoms with van der Waals surface area (Å²) in [6.07, 6.45) is 3.43. The molecular weight excluding hydrogens is 496 g/mol. The molecule has 0 heterocycles. The number of methoxy groups -OCH3 is 2. The third-order valence-corrected chi connectivity index (χ3v) is 7.14. The molecule has 2 aromatic rings. The molecule has 0 aromatic heterocycles. The first-order chi connectivity index (χ1) is 18.5. The van der Waals surface area contributed by atoms with Gasteiger partial charge in [-0.15, -0.1) is 0 Å². The number of amides is 1. The van der Waals surface area contributed by atoms with Crippen LogP contribution in [0.15, 0.2) is 36.4 Å². The Morgan fingerprint density at radius 1 is 0.974 bits per heavy atom. The van der Waals surface area contributed by atoms with Crippen LogP contribution >= 0.6 is 0 Å². The van der Waals surface area contributed by atoms with E-state index in [-0.39, 0.29) is 24.1 Å². The van der Waals surface area contributed by atoms with Gasteiger partial charge in [0.2, 0.25) is 0 Å². The lowest BCUT2D eigenvalue weighted by Crippen LogP contribution is -2.42. The van der Waals surface area contributed by atoms with Crippen LogP contribution in [0.1, 0.15) is 69.3 Å². The zero-order chi connectivity index (χ0) is 28.6. The molecule has 214 valence electrons. The van der Waals surface area contributed by atoms with Crippen LogP contribution in [0.2, 0.25) is 0 Å². The van der Waals surface area contributed by atoms with Gasteiger partial charge in [0.1, 0.15) is 18.0 Å². The standard InChI is InChI=1S/C31H44N2O6/c1-20-27(29(34)37-7)18-24(23-10-14-26(15-11-23)38-17-16-36-6)19-28(20)32-21(2)22-8-12-25(13-9-22)33-30(35)39-31(3,4)5/h10-11,14-15,18-19,21-22,25,32H,8-9,12-13,16-17H2,1-7H3,(H,33,35). The summed E-state index contributed by atoms with van der Waals surface area (Å²) in [5.41, 5.74) is 3.70. The number of carbonyl (C=O) groups is 2. The van der Waals surface area contributed by atoms with Crippen molar-refractivity contribution < 1.29 is 28.5 Å². The molecule has 39 heavy (non-hydrogen) atoms. The maximum atomic E-state index is 12.6. The van der Waals surface area contributed by atoms with E-state index in [0.29, 0.717) is 24.7 Å². The van der Waals surface area contributed by atoms with Gasteiger partial charge in [-0.05, 0) is 107 Å². The highest BCUT2D eigenvalue weighted by molar-refractivity contribution is 5.95. The van der Waals surface area contributed by atoms with Crippen LogP contribution in [0.4, 0.5) is 10.5 Å². The van der Waals surface area contributed by atoms with Crippen LogP contribution in [0.3, 0.4) is 0 Å². The molecule has 2 aromatic carbocycles. The molecule has 1 aliphatic carbocycles. The van der Waals surface area contributed by atoms with Gasteiger partial charge in [0.15, 0.2) is 0 Å². The topological polar surface area (TPSA) is 95.1 Å². The van der Waals surface area contributed by atoms with E-state index >= 15 is 0 Å². The maximum absolute atomic E-state index is 12.6. The summed E-state index contributed by atoms with van der Waals surface area (Å²) < 4.78 is 21.2. The molecule has 0 spiro atoms. The van der Waals surface area contributed by atoms with Gasteiger partial charge in [-0.25, -0.2) is 9.59 Å². The number of nitrogens with one attached hydrogen (secondary N) is 2. The molecule has 1 amide bonds. The fraction of sp³-hybridized carbons (Fsp3) is 0.548. The zero-order valence-corrected chi connectivity index (χ0v) is 24.4. The fourth-order valence-electron chi connectivity index (χ4n) is 4.94. The van der Waals surface area contributed by atoms with Crippen molar-refractivity contribution in [2.24, 2.45) is 5.92 Å². The molecular formula is C31H44N2O6. The molecule has 0 radical (unpaired) electrons. The van der Waals surface area contributed by atoms with E-state index in [1.165, 1.54) is 7.11 Å². The molecule has 1 fully saturated rings. The predicted molar refractivity (Wildman–Crippen MR) is 154 cm³/mol. The predicted octanol–water partition coefficient (Wildman–Crippen LogP) is 6.36. The van der Waals surface area contributed by atoms with E-state index in [9.17, 15) is 9.59 Å². The lowest BCUT2D eigenvalue weighted by Gasteiger charge is -2.34. The second-order valence-electron chi connectivity index (χ2n) is 11.2. The number of ether oxygens (including phenoxy) is 4. The first-order valence-corrected chi connectivity index (χ1v) is 13.7. The van der Waals surface area contributed by atoms with Crippen molar-refractivity contribution >= 4 is 17.7 Å². The number of anilines is 1. The highest BCUT2D eigenvalue weighted by Gasteiger charge is 2.28. The van der Waals surface area contributed by atoms with Crippen molar-refractivity contribution in [3.05, 3.63) is 47.5 Å². The van der Waals surface area contributed by atoms with Crippen LogP contribution in [-0.4, -0.2) is 57.2 Å². The van der Waals surface area contributed by atoms with Crippen molar-refractivity contribution in [2.45, 2.75) is 78.0 Å². The van der Waals surface area contributed by atoms with E-state index in [4.69, 9.17) is 18.9 Å². The summed E-state index contributed by atoms with van der Waals surface area (Å²) >= 11 is 0. The molecule has 1 saturated carbocycles. The number of rotatable bonds is 10. The minimum Gasteiger partial charge on any atom is -0.491 e. The first kappa shape index (κ1) is 30.3. The number of esters is 1. The molecule has 2 N–H and O–H groups in total. The summed E-state index contributed by atoms with van der Waals surface area (Å²) in [6, 6.07) is 12.1. The molecule has 0 saturated heterocycles. The van der Waals surface area contributed by atoms with Crippen LogP contribution in [0.5, 0.6) is 5.75 Å². The van der Waals surface area contributed by atoms with Gasteiger partial charge < -0.3 is 29.6 Å². The third kappa shape index (κ3) is 8.88. The Kier molecular flexibility index (Phi) is 10.6. The summed E-state index contributed by atoms with van der Waals surface area (Å²) in [6.45, 7) is 10.7. The second-order valence-corrected chi connectivity index (χ2v) is 11.2. The van der Waals surface area contributed by atoms with Crippen molar-refractivity contribution in [2.75, 3.05) is 32.8 Å². The highest BCUT2D eigenvalue weighted by atomic mass is 16.6. The number of benzene rings is 2. The molecule has 1 aliphatic rings. The SMILES string of the molecule is COCCOc1ccc(-c2cc(NC(C)C3CCC(NC(=O)OC(C)(C)C)CC3)c(C)c(C(=O)OC)c2)cc1. The molecule has 8 heteroatoms. The lowest BCUT2D eigenvalue weighted by molar-refractivity contribution is 0.0485. The van der Waals surface area contributed by atoms with E-state index < -0.39 is 5.60 Å². The average molecular weight is 541 g/mol. The summed E-state index contributed by atoms with van der Waals surface area (Å²) in [5, 5.41) is 6.70. The normalized spacial score (nSPS) is 18.1. The summed E-state index contributed by atoms with van der Waals surface area (Å²) in [4.78, 5) is 24.8. The zero-order valence-electron chi connectivity index (χ0n) is 24.4. The first-order valence-electron chi connectivity index (χ1n) is 13.7. The van der Waals surface area contributed by atoms with Gasteiger partial charge in [0, 0.05) is 24.9 Å². The smallest absolute Gasteiger partial charge is 0.407 e. The van der Waals surface area contributed by atoms with Crippen LogP contribution in [0, 0.1) is 12.8 Å². The van der Waals surface area contributed by atoms with Gasteiger partial charge >= 0.3 is 12.1 Å². The van der Waals surface area contributed by atoms with E-state index in [1.54, 1.807) is 7.11 Å². The molecule has 0 aliphatic heterocycles. The maximum Gasteiger partial charge on any atom is 0.407 e. The van der Waals surface area contributed by atoms with Crippen molar-refractivity contribution in [1.82, 2.24) is 5.32 Å². The van der Waals surface area contributed by atoms with Gasteiger partial charge in [-0.1, -0.05) is 12.1 Å². The Hall–Kier alpha value is -3.26. The molecule has 1 atom stereocenters. The fourth-order valence-corrected chi connectivity index (χ4v) is 4.94. The quantitative estimate of drug-likeness (QED) is 0.267. The number of hydrogen-bond donors (Lipinski definition) is 2. The number of carbonyl (C=O) groups excluding carboxylic acids is 2. The summed E-state index contributed by atoms with van der Waals surface area (Å²) in [5.74, 6) is 0.841. The van der Waals surface area contributed by atoms with Crippen molar-refractivity contribution in [3.63, 3.8) is 0 Å². The van der Waals surface area contributed by atoms with Crippen LogP contribution in [-0.2, 0) is 14.2 Å². The Labute approximate surface area is 232 Å². The molecule has 1 unspecified atom stereocenters. The van der Waals surface area contributed by atoms with Crippen molar-refractivity contribution in [1.29, 1.82) is 0 Å². The molecule has 0 bridgehead atoms. The Balaban J connectivity index is 1.71. The Morgan fingerprint density at radius 2 is 1.64 bits per heavy atom. The summed E-state index contributed by atoms with van der Waals surface area (Å²) in [7, 11) is 3.05. The van der Waals surface area contributed by atoms with Gasteiger partial charge in [-0.3, -0.25) is 0 Å². The Morgan fingerprint density at radius 3 is 2.23 bits per heavy atom. The lowest BCUT2D eigenvalue weighted by atomic mass is 9.82.